The van der Waals surface area contributed by atoms with Crippen LogP contribution in [0, 0.1) is 10.1 Å². The maximum absolute atomic E-state index is 10.8. The van der Waals surface area contributed by atoms with E-state index in [1.54, 1.807) is 12.1 Å². The largest absolute Gasteiger partial charge is 0.354 e. The summed E-state index contributed by atoms with van der Waals surface area (Å²) in [7, 11) is 0. The summed E-state index contributed by atoms with van der Waals surface area (Å²) < 4.78 is 0. The van der Waals surface area contributed by atoms with E-state index in [1.807, 2.05) is 6.92 Å². The first-order valence-corrected chi connectivity index (χ1v) is 9.51. The van der Waals surface area contributed by atoms with Crippen molar-refractivity contribution in [1.82, 2.24) is 15.5 Å². The van der Waals surface area contributed by atoms with Crippen molar-refractivity contribution >= 4 is 11.6 Å². The summed E-state index contributed by atoms with van der Waals surface area (Å²) in [4.78, 5) is 17.5. The van der Waals surface area contributed by atoms with E-state index in [9.17, 15) is 10.1 Å². The number of rotatable bonds is 7. The molecule has 1 aliphatic rings. The third kappa shape index (κ3) is 7.02. The quantitative estimate of drug-likeness (QED) is 0.252. The molecule has 0 unspecified atom stereocenters. The second-order valence-corrected chi connectivity index (χ2v) is 7.45. The number of aliphatic imine (C=N–C) groups is 1. The number of nitrogens with zero attached hydrogens (tertiary/aromatic N) is 3. The predicted molar refractivity (Wildman–Crippen MR) is 110 cm³/mol. The monoisotopic (exact) mass is 373 g/mol. The molecule has 1 aromatic carbocycles. The molecule has 1 fully saturated rings. The highest BCUT2D eigenvalue weighted by molar-refractivity contribution is 5.80. The van der Waals surface area contributed by atoms with Gasteiger partial charge in [0.2, 0.25) is 0 Å². The molecule has 0 aliphatic carbocycles. The van der Waals surface area contributed by atoms with E-state index in [1.165, 1.54) is 12.1 Å². The molecule has 7 heteroatoms. The molecule has 0 saturated carbocycles. The van der Waals surface area contributed by atoms with E-state index < -0.39 is 4.92 Å². The average Bonchev–Trinajstić information content (AvgIpc) is 2.64. The highest BCUT2D eigenvalue weighted by atomic mass is 16.6. The summed E-state index contributed by atoms with van der Waals surface area (Å²) in [5, 5.41) is 17.6. The van der Waals surface area contributed by atoms with Gasteiger partial charge >= 0.3 is 0 Å². The van der Waals surface area contributed by atoms with Crippen molar-refractivity contribution in [3.63, 3.8) is 0 Å². The van der Waals surface area contributed by atoms with Crippen molar-refractivity contribution < 1.29 is 4.92 Å². The topological polar surface area (TPSA) is 82.8 Å². The van der Waals surface area contributed by atoms with Crippen molar-refractivity contribution in [2.24, 2.45) is 4.99 Å². The molecule has 1 aliphatic heterocycles. The Morgan fingerprint density at radius 2 is 1.96 bits per heavy atom. The number of nitro groups is 1. The van der Waals surface area contributed by atoms with Gasteiger partial charge in [0, 0.05) is 43.9 Å². The molecular weight excluding hydrogens is 342 g/mol. The molecule has 0 atom stereocenters. The van der Waals surface area contributed by atoms with Crippen LogP contribution in [0.25, 0.3) is 0 Å². The Labute approximate surface area is 161 Å². The van der Waals surface area contributed by atoms with Crippen LogP contribution in [0.5, 0.6) is 0 Å². The molecule has 0 bridgehead atoms. The van der Waals surface area contributed by atoms with Gasteiger partial charge in [0.15, 0.2) is 5.96 Å². The molecule has 27 heavy (non-hydrogen) atoms. The summed E-state index contributed by atoms with van der Waals surface area (Å²) in [6.07, 6.45) is 2.17. The van der Waals surface area contributed by atoms with Crippen LogP contribution < -0.4 is 10.6 Å². The van der Waals surface area contributed by atoms with Crippen molar-refractivity contribution in [2.75, 3.05) is 19.6 Å². The predicted octanol–water partition coefficient (Wildman–Crippen LogP) is 3.08. The summed E-state index contributed by atoms with van der Waals surface area (Å²) in [6, 6.07) is 7.51. The van der Waals surface area contributed by atoms with Gasteiger partial charge in [-0.05, 0) is 39.2 Å². The lowest BCUT2D eigenvalue weighted by Crippen LogP contribution is -2.50. The van der Waals surface area contributed by atoms with Gasteiger partial charge in [-0.2, -0.15) is 0 Å². The van der Waals surface area contributed by atoms with Crippen LogP contribution in [0.4, 0.5) is 5.69 Å². The van der Waals surface area contributed by atoms with E-state index in [2.05, 4.69) is 41.0 Å². The van der Waals surface area contributed by atoms with Crippen molar-refractivity contribution in [1.29, 1.82) is 0 Å². The van der Waals surface area contributed by atoms with E-state index >= 15 is 0 Å². The van der Waals surface area contributed by atoms with Gasteiger partial charge in [0.05, 0.1) is 11.5 Å². The number of guanidine groups is 1. The Kier molecular flexibility index (Phi) is 7.79. The zero-order valence-electron chi connectivity index (χ0n) is 16.6. The summed E-state index contributed by atoms with van der Waals surface area (Å²) in [6.45, 7) is 13.7. The van der Waals surface area contributed by atoms with E-state index in [-0.39, 0.29) is 5.69 Å². The van der Waals surface area contributed by atoms with Crippen molar-refractivity contribution in [3.05, 3.63) is 52.1 Å². The molecule has 2 N–H and O–H groups in total. The lowest BCUT2D eigenvalue weighted by Gasteiger charge is -2.35. The first-order valence-electron chi connectivity index (χ1n) is 9.51. The van der Waals surface area contributed by atoms with Gasteiger partial charge in [-0.3, -0.25) is 10.1 Å². The number of hydrogen-bond donors (Lipinski definition) is 2. The maximum atomic E-state index is 10.8. The van der Waals surface area contributed by atoms with E-state index in [0.29, 0.717) is 25.2 Å². The minimum absolute atomic E-state index is 0.0957. The standard InChI is InChI=1S/C20H31N5O2/c1-15(2)13-21-20(23-18-9-11-24(12-10-18)16(3)4)22-14-17-5-7-19(8-6-17)25(26)27/h5-8,16,18H,1,9-14H2,2-4H3,(H2,21,22,23). The zero-order valence-corrected chi connectivity index (χ0v) is 16.6. The fourth-order valence-corrected chi connectivity index (χ4v) is 3.03. The molecule has 1 saturated heterocycles. The van der Waals surface area contributed by atoms with Crippen LogP contribution in [0.15, 0.2) is 41.4 Å². The van der Waals surface area contributed by atoms with Gasteiger partial charge in [0.25, 0.3) is 5.69 Å². The SMILES string of the molecule is C=C(C)CNC(=NCc1ccc([N+](=O)[O-])cc1)NC1CCN(C(C)C)CC1. The minimum atomic E-state index is -0.391. The van der Waals surface area contributed by atoms with Crippen molar-refractivity contribution in [2.45, 2.75) is 52.2 Å². The van der Waals surface area contributed by atoms with Gasteiger partial charge in [-0.25, -0.2) is 4.99 Å². The van der Waals surface area contributed by atoms with Crippen LogP contribution in [-0.2, 0) is 6.54 Å². The molecule has 0 amide bonds. The van der Waals surface area contributed by atoms with Crippen LogP contribution in [0.1, 0.15) is 39.2 Å². The number of hydrogen-bond acceptors (Lipinski definition) is 4. The molecular formula is C20H31N5O2. The number of piperidine rings is 1. The fraction of sp³-hybridized carbons (Fsp3) is 0.550. The second kappa shape index (κ2) is 10.1. The van der Waals surface area contributed by atoms with Crippen LogP contribution in [0.2, 0.25) is 0 Å². The third-order valence-electron chi connectivity index (χ3n) is 4.73. The summed E-state index contributed by atoms with van der Waals surface area (Å²) in [5.41, 5.74) is 2.07. The number of nitro benzene ring substituents is 1. The van der Waals surface area contributed by atoms with Gasteiger partial charge in [0.1, 0.15) is 0 Å². The molecule has 7 nitrogen and oxygen atoms in total. The lowest BCUT2D eigenvalue weighted by molar-refractivity contribution is -0.384. The lowest BCUT2D eigenvalue weighted by atomic mass is 10.0. The molecule has 0 radical (unpaired) electrons. The molecule has 0 aromatic heterocycles. The second-order valence-electron chi connectivity index (χ2n) is 7.45. The van der Waals surface area contributed by atoms with Gasteiger partial charge < -0.3 is 15.5 Å². The molecule has 1 heterocycles. The van der Waals surface area contributed by atoms with Gasteiger partial charge in [-0.15, -0.1) is 0 Å². The Hall–Kier alpha value is -2.41. The Bertz CT molecular complexity index is 661. The first kappa shape index (κ1) is 20.9. The van der Waals surface area contributed by atoms with Gasteiger partial charge in [-0.1, -0.05) is 24.3 Å². The molecule has 0 spiro atoms. The molecule has 148 valence electrons. The molecule has 2 rings (SSSR count). The Balaban J connectivity index is 1.97. The highest BCUT2D eigenvalue weighted by Crippen LogP contribution is 2.14. The van der Waals surface area contributed by atoms with Crippen LogP contribution in [0.3, 0.4) is 0 Å². The van der Waals surface area contributed by atoms with Crippen LogP contribution >= 0.6 is 0 Å². The number of likely N-dealkylation sites (tertiary alicyclic amines) is 1. The first-order chi connectivity index (χ1) is 12.8. The number of nitrogens with one attached hydrogen (secondary N) is 2. The molecule has 1 aromatic rings. The maximum Gasteiger partial charge on any atom is 0.269 e. The third-order valence-corrected chi connectivity index (χ3v) is 4.73. The number of benzene rings is 1. The summed E-state index contributed by atoms with van der Waals surface area (Å²) in [5.74, 6) is 0.763. The highest BCUT2D eigenvalue weighted by Gasteiger charge is 2.21. The average molecular weight is 374 g/mol. The summed E-state index contributed by atoms with van der Waals surface area (Å²) >= 11 is 0. The zero-order chi connectivity index (χ0) is 19.8. The van der Waals surface area contributed by atoms with E-state index in [0.717, 1.165) is 43.0 Å². The Morgan fingerprint density at radius 3 is 2.48 bits per heavy atom. The van der Waals surface area contributed by atoms with Crippen molar-refractivity contribution in [3.8, 4) is 0 Å². The van der Waals surface area contributed by atoms with Crippen LogP contribution in [-0.4, -0.2) is 47.5 Å². The smallest absolute Gasteiger partial charge is 0.269 e. The fourth-order valence-electron chi connectivity index (χ4n) is 3.03. The van der Waals surface area contributed by atoms with E-state index in [4.69, 9.17) is 0 Å². The Morgan fingerprint density at radius 1 is 1.33 bits per heavy atom. The normalized spacial score (nSPS) is 16.4. The minimum Gasteiger partial charge on any atom is -0.354 e. The number of non-ortho nitro benzene ring substituents is 1.